The molecule has 0 saturated heterocycles. The third kappa shape index (κ3) is 8.55. The van der Waals surface area contributed by atoms with Crippen LogP contribution in [-0.2, 0) is 0 Å². The highest BCUT2D eigenvalue weighted by molar-refractivity contribution is 4.60. The van der Waals surface area contributed by atoms with E-state index in [1.165, 1.54) is 44.9 Å². The van der Waals surface area contributed by atoms with Gasteiger partial charge in [-0.15, -0.1) is 0 Å². The second-order valence-corrected chi connectivity index (χ2v) is 4.87. The molecule has 86 valence electrons. The van der Waals surface area contributed by atoms with Crippen LogP contribution in [0.1, 0.15) is 65.7 Å². The lowest BCUT2D eigenvalue weighted by Gasteiger charge is -2.14. The highest BCUT2D eigenvalue weighted by Gasteiger charge is 2.07. The van der Waals surface area contributed by atoms with E-state index in [9.17, 15) is 5.11 Å². The van der Waals surface area contributed by atoms with E-state index < -0.39 is 0 Å². The molecule has 0 aliphatic carbocycles. The summed E-state index contributed by atoms with van der Waals surface area (Å²) in [5, 5.41) is 9.20. The Morgan fingerprint density at radius 2 is 1.64 bits per heavy atom. The van der Waals surface area contributed by atoms with Gasteiger partial charge in [0.2, 0.25) is 0 Å². The van der Waals surface area contributed by atoms with Gasteiger partial charge in [0.1, 0.15) is 0 Å². The van der Waals surface area contributed by atoms with Crippen molar-refractivity contribution < 1.29 is 5.11 Å². The lowest BCUT2D eigenvalue weighted by Crippen LogP contribution is -2.07. The average molecular weight is 200 g/mol. The van der Waals surface area contributed by atoms with Crippen molar-refractivity contribution in [2.45, 2.75) is 65.7 Å². The van der Waals surface area contributed by atoms with Crippen molar-refractivity contribution in [2.24, 2.45) is 11.8 Å². The monoisotopic (exact) mass is 200 g/mol. The van der Waals surface area contributed by atoms with E-state index in [-0.39, 0.29) is 0 Å². The van der Waals surface area contributed by atoms with Gasteiger partial charge in [-0.3, -0.25) is 0 Å². The van der Waals surface area contributed by atoms with Crippen molar-refractivity contribution in [3.8, 4) is 0 Å². The van der Waals surface area contributed by atoms with Crippen LogP contribution < -0.4 is 0 Å². The number of rotatable bonds is 9. The number of hydrogen-bond donors (Lipinski definition) is 1. The SMILES string of the molecule is CCCCCCC(CO)CCC(C)C. The van der Waals surface area contributed by atoms with E-state index in [0.29, 0.717) is 12.5 Å². The largest absolute Gasteiger partial charge is 0.396 e. The van der Waals surface area contributed by atoms with Crippen molar-refractivity contribution >= 4 is 0 Å². The molecule has 0 bridgehead atoms. The average Bonchev–Trinajstić information content (AvgIpc) is 2.16. The Morgan fingerprint density at radius 1 is 0.929 bits per heavy atom. The minimum Gasteiger partial charge on any atom is -0.396 e. The van der Waals surface area contributed by atoms with Crippen LogP contribution in [0.15, 0.2) is 0 Å². The van der Waals surface area contributed by atoms with Gasteiger partial charge in [-0.1, -0.05) is 52.9 Å². The molecule has 1 heteroatoms. The number of aliphatic hydroxyl groups excluding tert-OH is 1. The maximum absolute atomic E-state index is 9.20. The fourth-order valence-corrected chi connectivity index (χ4v) is 1.76. The predicted molar refractivity (Wildman–Crippen MR) is 63.4 cm³/mol. The summed E-state index contributed by atoms with van der Waals surface area (Å²) in [5.74, 6) is 1.34. The summed E-state index contributed by atoms with van der Waals surface area (Å²) >= 11 is 0. The van der Waals surface area contributed by atoms with Crippen LogP contribution in [0.5, 0.6) is 0 Å². The van der Waals surface area contributed by atoms with Crippen molar-refractivity contribution in [1.29, 1.82) is 0 Å². The molecule has 0 aliphatic rings. The Labute approximate surface area is 89.9 Å². The normalized spacial score (nSPS) is 13.5. The Morgan fingerprint density at radius 3 is 2.14 bits per heavy atom. The van der Waals surface area contributed by atoms with Crippen molar-refractivity contribution in [3.63, 3.8) is 0 Å². The van der Waals surface area contributed by atoms with Gasteiger partial charge < -0.3 is 5.11 Å². The summed E-state index contributed by atoms with van der Waals surface area (Å²) in [4.78, 5) is 0. The smallest absolute Gasteiger partial charge is 0.0459 e. The highest BCUT2D eigenvalue weighted by atomic mass is 16.3. The van der Waals surface area contributed by atoms with E-state index in [2.05, 4.69) is 20.8 Å². The molecule has 0 amide bonds. The van der Waals surface area contributed by atoms with Gasteiger partial charge in [-0.2, -0.15) is 0 Å². The van der Waals surface area contributed by atoms with Gasteiger partial charge in [0, 0.05) is 6.61 Å². The van der Waals surface area contributed by atoms with Crippen LogP contribution in [0, 0.1) is 11.8 Å². The quantitative estimate of drug-likeness (QED) is 0.558. The van der Waals surface area contributed by atoms with Crippen LogP contribution >= 0.6 is 0 Å². The van der Waals surface area contributed by atoms with E-state index in [1.54, 1.807) is 0 Å². The van der Waals surface area contributed by atoms with Crippen LogP contribution in [-0.4, -0.2) is 11.7 Å². The summed E-state index contributed by atoms with van der Waals surface area (Å²) in [7, 11) is 0. The fraction of sp³-hybridized carbons (Fsp3) is 1.00. The summed E-state index contributed by atoms with van der Waals surface area (Å²) in [6.07, 6.45) is 8.99. The van der Waals surface area contributed by atoms with Crippen molar-refractivity contribution in [1.82, 2.24) is 0 Å². The van der Waals surface area contributed by atoms with Gasteiger partial charge >= 0.3 is 0 Å². The molecule has 1 atom stereocenters. The van der Waals surface area contributed by atoms with Crippen molar-refractivity contribution in [3.05, 3.63) is 0 Å². The number of hydrogen-bond acceptors (Lipinski definition) is 1. The predicted octanol–water partition coefficient (Wildman–Crippen LogP) is 4.00. The summed E-state index contributed by atoms with van der Waals surface area (Å²) in [5.41, 5.74) is 0. The first kappa shape index (κ1) is 14.0. The van der Waals surface area contributed by atoms with Gasteiger partial charge in [0.25, 0.3) is 0 Å². The summed E-state index contributed by atoms with van der Waals surface area (Å²) in [6.45, 7) is 7.14. The fourth-order valence-electron chi connectivity index (χ4n) is 1.76. The zero-order valence-corrected chi connectivity index (χ0v) is 10.3. The molecular formula is C13H28O. The van der Waals surface area contributed by atoms with Crippen LogP contribution in [0.4, 0.5) is 0 Å². The molecule has 0 radical (unpaired) electrons. The molecule has 0 aromatic rings. The lowest BCUT2D eigenvalue weighted by atomic mass is 9.93. The van der Waals surface area contributed by atoms with Crippen LogP contribution in [0.2, 0.25) is 0 Å². The van der Waals surface area contributed by atoms with E-state index >= 15 is 0 Å². The molecule has 1 N–H and O–H groups in total. The van der Waals surface area contributed by atoms with E-state index in [0.717, 1.165) is 5.92 Å². The number of aliphatic hydroxyl groups is 1. The van der Waals surface area contributed by atoms with Gasteiger partial charge in [0.15, 0.2) is 0 Å². The molecule has 1 unspecified atom stereocenters. The van der Waals surface area contributed by atoms with Gasteiger partial charge in [0.05, 0.1) is 0 Å². The molecule has 14 heavy (non-hydrogen) atoms. The third-order valence-electron chi connectivity index (χ3n) is 2.88. The van der Waals surface area contributed by atoms with E-state index in [1.807, 2.05) is 0 Å². The lowest BCUT2D eigenvalue weighted by molar-refractivity contribution is 0.201. The molecule has 0 rings (SSSR count). The summed E-state index contributed by atoms with van der Waals surface area (Å²) < 4.78 is 0. The molecule has 0 spiro atoms. The molecule has 0 aliphatic heterocycles. The first-order chi connectivity index (χ1) is 6.70. The molecule has 1 nitrogen and oxygen atoms in total. The van der Waals surface area contributed by atoms with Gasteiger partial charge in [-0.25, -0.2) is 0 Å². The summed E-state index contributed by atoms with van der Waals surface area (Å²) in [6, 6.07) is 0. The maximum atomic E-state index is 9.20. The second kappa shape index (κ2) is 9.51. The molecular weight excluding hydrogens is 172 g/mol. The third-order valence-corrected chi connectivity index (χ3v) is 2.88. The minimum atomic E-state index is 0.388. The topological polar surface area (TPSA) is 20.2 Å². The highest BCUT2D eigenvalue weighted by Crippen LogP contribution is 2.18. The molecule has 0 aromatic heterocycles. The Hall–Kier alpha value is -0.0400. The van der Waals surface area contributed by atoms with Crippen molar-refractivity contribution in [2.75, 3.05) is 6.61 Å². The first-order valence-electron chi connectivity index (χ1n) is 6.31. The molecule has 0 fully saturated rings. The zero-order chi connectivity index (χ0) is 10.8. The Kier molecular flexibility index (Phi) is 9.49. The second-order valence-electron chi connectivity index (χ2n) is 4.87. The minimum absolute atomic E-state index is 0.388. The first-order valence-corrected chi connectivity index (χ1v) is 6.31. The molecule has 0 aromatic carbocycles. The van der Waals surface area contributed by atoms with E-state index in [4.69, 9.17) is 0 Å². The molecule has 0 heterocycles. The van der Waals surface area contributed by atoms with Gasteiger partial charge in [-0.05, 0) is 24.7 Å². The van der Waals surface area contributed by atoms with Crippen LogP contribution in [0.3, 0.4) is 0 Å². The standard InChI is InChI=1S/C13H28O/c1-4-5-6-7-8-13(11-14)10-9-12(2)3/h12-14H,4-11H2,1-3H3. The Balaban J connectivity index is 3.38. The number of unbranched alkanes of at least 4 members (excludes halogenated alkanes) is 3. The maximum Gasteiger partial charge on any atom is 0.0459 e. The Bertz CT molecular complexity index is 110. The van der Waals surface area contributed by atoms with Crippen LogP contribution in [0.25, 0.3) is 0 Å². The zero-order valence-electron chi connectivity index (χ0n) is 10.3. The molecule has 0 saturated carbocycles.